The van der Waals surface area contributed by atoms with Gasteiger partial charge in [0.05, 0.1) is 26.3 Å². The molecule has 0 aliphatic heterocycles. The Labute approximate surface area is 101 Å². The van der Waals surface area contributed by atoms with Crippen molar-refractivity contribution in [2.45, 2.75) is 13.3 Å². The van der Waals surface area contributed by atoms with E-state index in [2.05, 4.69) is 4.98 Å². The number of ether oxygens (including phenoxy) is 2. The van der Waals surface area contributed by atoms with Gasteiger partial charge in [-0.2, -0.15) is 0 Å². The van der Waals surface area contributed by atoms with Gasteiger partial charge in [0.2, 0.25) is 0 Å². The molecular formula is C12H18N2O3. The van der Waals surface area contributed by atoms with Gasteiger partial charge in [-0.3, -0.25) is 4.79 Å². The van der Waals surface area contributed by atoms with E-state index in [0.29, 0.717) is 25.3 Å². The van der Waals surface area contributed by atoms with Crippen LogP contribution in [0.25, 0.3) is 0 Å². The first-order valence-corrected chi connectivity index (χ1v) is 5.54. The van der Waals surface area contributed by atoms with Gasteiger partial charge in [0, 0.05) is 13.6 Å². The molecule has 17 heavy (non-hydrogen) atoms. The highest BCUT2D eigenvalue weighted by Crippen LogP contribution is 2.14. The van der Waals surface area contributed by atoms with Gasteiger partial charge in [-0.1, -0.05) is 0 Å². The van der Waals surface area contributed by atoms with E-state index in [1.807, 2.05) is 24.1 Å². The third-order valence-electron chi connectivity index (χ3n) is 2.30. The monoisotopic (exact) mass is 238 g/mol. The van der Waals surface area contributed by atoms with Crippen LogP contribution >= 0.6 is 0 Å². The third kappa shape index (κ3) is 4.30. The van der Waals surface area contributed by atoms with E-state index in [1.54, 1.807) is 20.2 Å². The van der Waals surface area contributed by atoms with E-state index < -0.39 is 0 Å². The molecule has 1 rings (SSSR count). The summed E-state index contributed by atoms with van der Waals surface area (Å²) < 4.78 is 9.88. The second kappa shape index (κ2) is 6.73. The maximum atomic E-state index is 11.2. The Morgan fingerprint density at radius 2 is 2.24 bits per heavy atom. The molecule has 0 radical (unpaired) electrons. The third-order valence-corrected chi connectivity index (χ3v) is 2.30. The van der Waals surface area contributed by atoms with E-state index in [-0.39, 0.29) is 5.97 Å². The van der Waals surface area contributed by atoms with Crippen LogP contribution < -0.4 is 9.64 Å². The molecule has 5 nitrogen and oxygen atoms in total. The lowest BCUT2D eigenvalue weighted by Crippen LogP contribution is -2.22. The van der Waals surface area contributed by atoms with Crippen molar-refractivity contribution in [3.8, 4) is 5.75 Å². The van der Waals surface area contributed by atoms with Crippen molar-refractivity contribution < 1.29 is 14.3 Å². The molecule has 0 aromatic carbocycles. The van der Waals surface area contributed by atoms with Crippen LogP contribution in [-0.2, 0) is 9.53 Å². The zero-order valence-electron chi connectivity index (χ0n) is 10.5. The smallest absolute Gasteiger partial charge is 0.307 e. The number of nitrogens with zero attached hydrogens (tertiary/aromatic N) is 2. The molecule has 1 aromatic rings. The summed E-state index contributed by atoms with van der Waals surface area (Å²) in [6, 6.07) is 3.69. The van der Waals surface area contributed by atoms with Gasteiger partial charge < -0.3 is 14.4 Å². The molecule has 0 N–H and O–H groups in total. The number of pyridine rings is 1. The lowest BCUT2D eigenvalue weighted by molar-refractivity contribution is -0.142. The number of carbonyl (C=O) groups excluding carboxylic acids is 1. The zero-order chi connectivity index (χ0) is 12.7. The topological polar surface area (TPSA) is 51.7 Å². The Kier molecular flexibility index (Phi) is 5.26. The number of carbonyl (C=O) groups is 1. The minimum absolute atomic E-state index is 0.187. The summed E-state index contributed by atoms with van der Waals surface area (Å²) in [6.07, 6.45) is 2.01. The maximum Gasteiger partial charge on any atom is 0.307 e. The molecule has 1 heterocycles. The largest absolute Gasteiger partial charge is 0.495 e. The Bertz CT molecular complexity index is 351. The number of hydrogen-bond donors (Lipinski definition) is 0. The Hall–Kier alpha value is -1.78. The van der Waals surface area contributed by atoms with Gasteiger partial charge in [0.1, 0.15) is 11.6 Å². The highest BCUT2D eigenvalue weighted by atomic mass is 16.5. The van der Waals surface area contributed by atoms with E-state index in [9.17, 15) is 4.79 Å². The quantitative estimate of drug-likeness (QED) is 0.703. The van der Waals surface area contributed by atoms with Gasteiger partial charge in [0.15, 0.2) is 0 Å². The predicted molar refractivity (Wildman–Crippen MR) is 65.3 cm³/mol. The SMILES string of the molecule is CCOC(=O)CCN(C)c1ccc(OC)cn1. The normalized spacial score (nSPS) is 9.82. The minimum Gasteiger partial charge on any atom is -0.495 e. The van der Waals surface area contributed by atoms with Crippen LogP contribution in [0.4, 0.5) is 5.82 Å². The number of esters is 1. The molecule has 0 amide bonds. The van der Waals surface area contributed by atoms with Crippen LogP contribution in [0.1, 0.15) is 13.3 Å². The van der Waals surface area contributed by atoms with Crippen molar-refractivity contribution in [2.75, 3.05) is 32.2 Å². The van der Waals surface area contributed by atoms with Gasteiger partial charge in [-0.25, -0.2) is 4.98 Å². The number of hydrogen-bond acceptors (Lipinski definition) is 5. The zero-order valence-corrected chi connectivity index (χ0v) is 10.5. The first-order valence-electron chi connectivity index (χ1n) is 5.54. The summed E-state index contributed by atoms with van der Waals surface area (Å²) in [5, 5.41) is 0. The Morgan fingerprint density at radius 3 is 2.76 bits per heavy atom. The van der Waals surface area contributed by atoms with Gasteiger partial charge in [-0.05, 0) is 19.1 Å². The van der Waals surface area contributed by atoms with Crippen molar-refractivity contribution in [3.05, 3.63) is 18.3 Å². The highest BCUT2D eigenvalue weighted by molar-refractivity contribution is 5.70. The van der Waals surface area contributed by atoms with Crippen LogP contribution in [0.15, 0.2) is 18.3 Å². The standard InChI is InChI=1S/C12H18N2O3/c1-4-17-12(15)7-8-14(2)11-6-5-10(16-3)9-13-11/h5-6,9H,4,7-8H2,1-3H3. The predicted octanol–water partition coefficient (Wildman–Crippen LogP) is 1.48. The summed E-state index contributed by atoms with van der Waals surface area (Å²) in [6.45, 7) is 2.80. The molecule has 0 saturated carbocycles. The van der Waals surface area contributed by atoms with Gasteiger partial charge >= 0.3 is 5.97 Å². The molecule has 0 saturated heterocycles. The van der Waals surface area contributed by atoms with E-state index in [0.717, 1.165) is 5.82 Å². The van der Waals surface area contributed by atoms with Crippen molar-refractivity contribution in [3.63, 3.8) is 0 Å². The number of aromatic nitrogens is 1. The second-order valence-electron chi connectivity index (χ2n) is 3.53. The fraction of sp³-hybridized carbons (Fsp3) is 0.500. The summed E-state index contributed by atoms with van der Waals surface area (Å²) >= 11 is 0. The van der Waals surface area contributed by atoms with Crippen LogP contribution in [-0.4, -0.2) is 38.3 Å². The second-order valence-corrected chi connectivity index (χ2v) is 3.53. The molecule has 0 aliphatic rings. The van der Waals surface area contributed by atoms with Crippen LogP contribution in [0.3, 0.4) is 0 Å². The van der Waals surface area contributed by atoms with Gasteiger partial charge in [-0.15, -0.1) is 0 Å². The fourth-order valence-electron chi connectivity index (χ4n) is 1.33. The molecule has 0 atom stereocenters. The van der Waals surface area contributed by atoms with E-state index in [1.165, 1.54) is 0 Å². The lowest BCUT2D eigenvalue weighted by atomic mass is 10.3. The van der Waals surface area contributed by atoms with Crippen molar-refractivity contribution in [2.24, 2.45) is 0 Å². The summed E-state index contributed by atoms with van der Waals surface area (Å²) in [4.78, 5) is 17.3. The van der Waals surface area contributed by atoms with Crippen LogP contribution in [0, 0.1) is 0 Å². The molecule has 0 unspecified atom stereocenters. The average Bonchev–Trinajstić information content (AvgIpc) is 2.36. The molecule has 0 spiro atoms. The van der Waals surface area contributed by atoms with Gasteiger partial charge in [0.25, 0.3) is 0 Å². The molecule has 94 valence electrons. The summed E-state index contributed by atoms with van der Waals surface area (Å²) in [5.41, 5.74) is 0. The molecule has 0 fully saturated rings. The first-order chi connectivity index (χ1) is 8.17. The average molecular weight is 238 g/mol. The van der Waals surface area contributed by atoms with Crippen LogP contribution in [0.2, 0.25) is 0 Å². The Morgan fingerprint density at radius 1 is 1.47 bits per heavy atom. The molecule has 0 aliphatic carbocycles. The summed E-state index contributed by atoms with van der Waals surface area (Å²) in [5.74, 6) is 1.33. The Balaban J connectivity index is 2.46. The lowest BCUT2D eigenvalue weighted by Gasteiger charge is -2.17. The molecular weight excluding hydrogens is 220 g/mol. The van der Waals surface area contributed by atoms with E-state index in [4.69, 9.17) is 9.47 Å². The first kappa shape index (κ1) is 13.3. The van der Waals surface area contributed by atoms with Crippen molar-refractivity contribution in [1.29, 1.82) is 0 Å². The summed E-state index contributed by atoms with van der Waals surface area (Å²) in [7, 11) is 3.48. The van der Waals surface area contributed by atoms with E-state index >= 15 is 0 Å². The maximum absolute atomic E-state index is 11.2. The minimum atomic E-state index is -0.187. The number of anilines is 1. The molecule has 0 bridgehead atoms. The van der Waals surface area contributed by atoms with Crippen molar-refractivity contribution >= 4 is 11.8 Å². The van der Waals surface area contributed by atoms with Crippen LogP contribution in [0.5, 0.6) is 5.75 Å². The molecule has 1 aromatic heterocycles. The highest BCUT2D eigenvalue weighted by Gasteiger charge is 2.06. The number of methoxy groups -OCH3 is 1. The van der Waals surface area contributed by atoms with Crippen molar-refractivity contribution in [1.82, 2.24) is 4.98 Å². The number of rotatable bonds is 6. The fourth-order valence-corrected chi connectivity index (χ4v) is 1.33. The molecule has 5 heteroatoms.